The first-order chi connectivity index (χ1) is 6.33. The molecule has 0 aliphatic rings. The van der Waals surface area contributed by atoms with Crippen molar-refractivity contribution in [3.63, 3.8) is 0 Å². The van der Waals surface area contributed by atoms with E-state index in [0.717, 1.165) is 31.0 Å². The highest BCUT2D eigenvalue weighted by Gasteiger charge is 2.21. The van der Waals surface area contributed by atoms with E-state index in [2.05, 4.69) is 29.8 Å². The average molecular weight is 285 g/mol. The standard InChI is InChI=1S/C10H21BrO2S/c1-4-6-10(2,9-11)7-5-8-14(3,12)13/h4-9H2,1-3H3. The molecule has 4 heteroatoms. The number of alkyl halides is 1. The van der Waals surface area contributed by atoms with E-state index >= 15 is 0 Å². The van der Waals surface area contributed by atoms with E-state index in [4.69, 9.17) is 0 Å². The largest absolute Gasteiger partial charge is 0.229 e. The second-order valence-electron chi connectivity index (χ2n) is 4.43. The third kappa shape index (κ3) is 6.82. The highest BCUT2D eigenvalue weighted by atomic mass is 79.9. The molecule has 0 N–H and O–H groups in total. The van der Waals surface area contributed by atoms with Gasteiger partial charge in [-0.1, -0.05) is 36.2 Å². The molecule has 0 radical (unpaired) electrons. The minimum Gasteiger partial charge on any atom is -0.229 e. The molecule has 14 heavy (non-hydrogen) atoms. The van der Waals surface area contributed by atoms with Crippen LogP contribution in [0.2, 0.25) is 0 Å². The van der Waals surface area contributed by atoms with Crippen molar-refractivity contribution >= 4 is 25.8 Å². The summed E-state index contributed by atoms with van der Waals surface area (Å²) in [7, 11) is -2.79. The van der Waals surface area contributed by atoms with Gasteiger partial charge in [0.15, 0.2) is 0 Å². The summed E-state index contributed by atoms with van der Waals surface area (Å²) >= 11 is 3.50. The molecule has 0 saturated heterocycles. The van der Waals surface area contributed by atoms with Gasteiger partial charge in [-0.05, 0) is 24.7 Å². The Kier molecular flexibility index (Phi) is 6.30. The van der Waals surface area contributed by atoms with Crippen molar-refractivity contribution in [2.75, 3.05) is 17.3 Å². The van der Waals surface area contributed by atoms with Crippen LogP contribution in [-0.2, 0) is 9.84 Å². The van der Waals surface area contributed by atoms with Crippen molar-refractivity contribution in [1.82, 2.24) is 0 Å². The lowest BCUT2D eigenvalue weighted by Gasteiger charge is -2.26. The Morgan fingerprint density at radius 2 is 1.86 bits per heavy atom. The van der Waals surface area contributed by atoms with Crippen LogP contribution in [0.3, 0.4) is 0 Å². The van der Waals surface area contributed by atoms with E-state index in [1.54, 1.807) is 0 Å². The summed E-state index contributed by atoms with van der Waals surface area (Å²) in [6.45, 7) is 4.38. The van der Waals surface area contributed by atoms with Crippen LogP contribution in [0.15, 0.2) is 0 Å². The lowest BCUT2D eigenvalue weighted by Crippen LogP contribution is -2.19. The Balaban J connectivity index is 3.96. The summed E-state index contributed by atoms with van der Waals surface area (Å²) in [6.07, 6.45) is 5.38. The molecule has 2 nitrogen and oxygen atoms in total. The third-order valence-electron chi connectivity index (χ3n) is 2.47. The van der Waals surface area contributed by atoms with Crippen LogP contribution in [0.1, 0.15) is 39.5 Å². The first-order valence-corrected chi connectivity index (χ1v) is 8.25. The van der Waals surface area contributed by atoms with E-state index in [1.165, 1.54) is 6.26 Å². The van der Waals surface area contributed by atoms with Crippen LogP contribution in [0.25, 0.3) is 0 Å². The fourth-order valence-corrected chi connectivity index (χ4v) is 2.85. The molecule has 1 atom stereocenters. The van der Waals surface area contributed by atoms with Gasteiger partial charge in [-0.15, -0.1) is 0 Å². The molecule has 0 saturated carbocycles. The Bertz CT molecular complexity index is 249. The monoisotopic (exact) mass is 284 g/mol. The molecule has 86 valence electrons. The molecular formula is C10H21BrO2S. The number of hydrogen-bond acceptors (Lipinski definition) is 2. The molecule has 0 fully saturated rings. The lowest BCUT2D eigenvalue weighted by atomic mass is 9.84. The molecule has 0 heterocycles. The van der Waals surface area contributed by atoms with Gasteiger partial charge in [0.05, 0.1) is 0 Å². The van der Waals surface area contributed by atoms with Gasteiger partial charge >= 0.3 is 0 Å². The van der Waals surface area contributed by atoms with Gasteiger partial charge in [-0.3, -0.25) is 0 Å². The SMILES string of the molecule is CCCC(C)(CBr)CCCS(C)(=O)=O. The zero-order valence-corrected chi connectivity index (χ0v) is 11.7. The molecule has 0 rings (SSSR count). The highest BCUT2D eigenvalue weighted by molar-refractivity contribution is 9.09. The summed E-state index contributed by atoms with van der Waals surface area (Å²) in [6, 6.07) is 0. The molecular weight excluding hydrogens is 264 g/mol. The van der Waals surface area contributed by atoms with E-state index < -0.39 is 9.84 Å². The lowest BCUT2D eigenvalue weighted by molar-refractivity contribution is 0.312. The second-order valence-corrected chi connectivity index (χ2v) is 7.25. The maximum atomic E-state index is 11.0. The zero-order valence-electron chi connectivity index (χ0n) is 9.35. The predicted octanol–water partition coefficient (Wildman–Crippen LogP) is 3.01. The van der Waals surface area contributed by atoms with Crippen molar-refractivity contribution < 1.29 is 8.42 Å². The minimum absolute atomic E-state index is 0.263. The molecule has 0 spiro atoms. The van der Waals surface area contributed by atoms with E-state index in [1.807, 2.05) is 0 Å². The van der Waals surface area contributed by atoms with E-state index in [-0.39, 0.29) is 5.41 Å². The number of rotatable bonds is 7. The highest BCUT2D eigenvalue weighted by Crippen LogP contribution is 2.31. The summed E-state index contributed by atoms with van der Waals surface area (Å²) in [5.74, 6) is 0.319. The van der Waals surface area contributed by atoms with Crippen molar-refractivity contribution in [2.24, 2.45) is 5.41 Å². The van der Waals surface area contributed by atoms with Crippen LogP contribution < -0.4 is 0 Å². The maximum absolute atomic E-state index is 11.0. The Hall–Kier alpha value is 0.430. The smallest absolute Gasteiger partial charge is 0.147 e. The first-order valence-electron chi connectivity index (χ1n) is 5.07. The van der Waals surface area contributed by atoms with Gasteiger partial charge in [0.2, 0.25) is 0 Å². The summed E-state index contributed by atoms with van der Waals surface area (Å²) < 4.78 is 21.9. The van der Waals surface area contributed by atoms with Gasteiger partial charge in [-0.25, -0.2) is 8.42 Å². The van der Waals surface area contributed by atoms with Gasteiger partial charge < -0.3 is 0 Å². The molecule has 0 aromatic carbocycles. The van der Waals surface area contributed by atoms with Crippen LogP contribution in [0.5, 0.6) is 0 Å². The summed E-state index contributed by atoms with van der Waals surface area (Å²) in [5.41, 5.74) is 0.263. The van der Waals surface area contributed by atoms with Crippen molar-refractivity contribution in [3.05, 3.63) is 0 Å². The predicted molar refractivity (Wildman–Crippen MR) is 65.8 cm³/mol. The minimum atomic E-state index is -2.79. The Morgan fingerprint density at radius 3 is 2.21 bits per heavy atom. The quantitative estimate of drug-likeness (QED) is 0.674. The summed E-state index contributed by atoms with van der Waals surface area (Å²) in [5, 5.41) is 0.956. The van der Waals surface area contributed by atoms with Gasteiger partial charge in [0.1, 0.15) is 9.84 Å². The normalized spacial score (nSPS) is 16.6. The number of halogens is 1. The fourth-order valence-electron chi connectivity index (χ4n) is 1.62. The third-order valence-corrected chi connectivity index (χ3v) is 4.86. The Morgan fingerprint density at radius 1 is 1.29 bits per heavy atom. The average Bonchev–Trinajstić information content (AvgIpc) is 2.02. The number of sulfone groups is 1. The van der Waals surface area contributed by atoms with Crippen molar-refractivity contribution in [3.8, 4) is 0 Å². The molecule has 0 aliphatic carbocycles. The molecule has 0 bridgehead atoms. The van der Waals surface area contributed by atoms with E-state index in [0.29, 0.717) is 5.75 Å². The topological polar surface area (TPSA) is 34.1 Å². The van der Waals surface area contributed by atoms with Crippen LogP contribution >= 0.6 is 15.9 Å². The van der Waals surface area contributed by atoms with Gasteiger partial charge in [0.25, 0.3) is 0 Å². The first kappa shape index (κ1) is 14.4. The van der Waals surface area contributed by atoms with Crippen LogP contribution in [-0.4, -0.2) is 25.8 Å². The Labute approximate surface area is 96.5 Å². The van der Waals surface area contributed by atoms with Gasteiger partial charge in [-0.2, -0.15) is 0 Å². The van der Waals surface area contributed by atoms with Crippen LogP contribution in [0.4, 0.5) is 0 Å². The second kappa shape index (κ2) is 6.11. The molecule has 0 aromatic rings. The van der Waals surface area contributed by atoms with Crippen molar-refractivity contribution in [1.29, 1.82) is 0 Å². The van der Waals surface area contributed by atoms with E-state index in [9.17, 15) is 8.42 Å². The zero-order chi connectivity index (χ0) is 11.2. The molecule has 0 amide bonds. The fraction of sp³-hybridized carbons (Fsp3) is 1.00. The number of hydrogen-bond donors (Lipinski definition) is 0. The maximum Gasteiger partial charge on any atom is 0.147 e. The molecule has 0 aromatic heterocycles. The van der Waals surface area contributed by atoms with Crippen molar-refractivity contribution in [2.45, 2.75) is 39.5 Å². The van der Waals surface area contributed by atoms with Crippen LogP contribution in [0, 0.1) is 5.41 Å². The molecule has 1 unspecified atom stereocenters. The van der Waals surface area contributed by atoms with Gasteiger partial charge in [0, 0.05) is 17.3 Å². The summed E-state index contributed by atoms with van der Waals surface area (Å²) in [4.78, 5) is 0. The molecule has 0 aliphatic heterocycles.